The van der Waals surface area contributed by atoms with Gasteiger partial charge in [-0.1, -0.05) is 24.3 Å². The summed E-state index contributed by atoms with van der Waals surface area (Å²) < 4.78 is 15.5. The lowest BCUT2D eigenvalue weighted by Gasteiger charge is -2.21. The number of imidazole rings is 1. The number of carbonyl (C=O) groups is 1. The summed E-state index contributed by atoms with van der Waals surface area (Å²) in [5.41, 5.74) is 2.77. The smallest absolute Gasteiger partial charge is 0.315 e. The molecule has 1 saturated heterocycles. The number of para-hydroxylation sites is 2. The minimum absolute atomic E-state index is 0.191. The Morgan fingerprint density at radius 3 is 2.74 bits per heavy atom. The van der Waals surface area contributed by atoms with Crippen molar-refractivity contribution in [3.05, 3.63) is 66.2 Å². The van der Waals surface area contributed by atoms with Crippen molar-refractivity contribution in [3.8, 4) is 0 Å². The zero-order valence-corrected chi connectivity index (χ0v) is 17.5. The molecule has 2 N–H and O–H groups in total. The van der Waals surface area contributed by atoms with Gasteiger partial charge in [-0.25, -0.2) is 14.2 Å². The fraction of sp³-hybridized carbons (Fsp3) is 0.417. The fourth-order valence-electron chi connectivity index (χ4n) is 4.53. The van der Waals surface area contributed by atoms with E-state index in [2.05, 4.69) is 20.5 Å². The Morgan fingerprint density at radius 2 is 1.94 bits per heavy atom. The lowest BCUT2D eigenvalue weighted by atomic mass is 10.1. The van der Waals surface area contributed by atoms with Gasteiger partial charge in [0.1, 0.15) is 5.82 Å². The van der Waals surface area contributed by atoms with Gasteiger partial charge in [-0.05, 0) is 61.6 Å². The van der Waals surface area contributed by atoms with Crippen LogP contribution in [-0.4, -0.2) is 46.2 Å². The molecule has 1 aliphatic carbocycles. The van der Waals surface area contributed by atoms with Gasteiger partial charge in [-0.15, -0.1) is 0 Å². The highest BCUT2D eigenvalue weighted by Gasteiger charge is 2.34. The highest BCUT2D eigenvalue weighted by Crippen LogP contribution is 2.31. The van der Waals surface area contributed by atoms with E-state index in [4.69, 9.17) is 0 Å². The third-order valence-electron chi connectivity index (χ3n) is 6.42. The van der Waals surface area contributed by atoms with E-state index in [1.54, 1.807) is 18.5 Å². The Balaban J connectivity index is 1.25. The number of likely N-dealkylation sites (tertiary alicyclic amines) is 1. The van der Waals surface area contributed by atoms with Gasteiger partial charge in [0.25, 0.3) is 0 Å². The first-order valence-electron chi connectivity index (χ1n) is 11.1. The van der Waals surface area contributed by atoms with Crippen LogP contribution in [0.3, 0.4) is 0 Å². The van der Waals surface area contributed by atoms with Crippen LogP contribution >= 0.6 is 0 Å². The molecule has 2 atom stereocenters. The van der Waals surface area contributed by atoms with E-state index in [9.17, 15) is 9.18 Å². The number of aromatic nitrogens is 2. The van der Waals surface area contributed by atoms with E-state index in [0.29, 0.717) is 19.0 Å². The van der Waals surface area contributed by atoms with Gasteiger partial charge in [-0.3, -0.25) is 0 Å². The maximum Gasteiger partial charge on any atom is 0.315 e. The average Bonchev–Trinajstić information content (AvgIpc) is 3.39. The minimum Gasteiger partial charge on any atom is -0.338 e. The predicted molar refractivity (Wildman–Crippen MR) is 118 cm³/mol. The third kappa shape index (κ3) is 4.71. The number of amides is 2. The van der Waals surface area contributed by atoms with Crippen LogP contribution in [0.5, 0.6) is 0 Å². The van der Waals surface area contributed by atoms with Crippen molar-refractivity contribution in [1.82, 2.24) is 25.1 Å². The summed E-state index contributed by atoms with van der Waals surface area (Å²) in [5.74, 6) is 0.217. The van der Waals surface area contributed by atoms with Crippen molar-refractivity contribution in [1.29, 1.82) is 0 Å². The van der Waals surface area contributed by atoms with Crippen molar-refractivity contribution in [2.24, 2.45) is 5.92 Å². The van der Waals surface area contributed by atoms with Crippen molar-refractivity contribution in [3.63, 3.8) is 0 Å². The van der Waals surface area contributed by atoms with Gasteiger partial charge in [0.15, 0.2) is 0 Å². The molecular weight excluding hydrogens is 393 g/mol. The van der Waals surface area contributed by atoms with Crippen LogP contribution in [0.1, 0.15) is 30.9 Å². The molecule has 6 nitrogen and oxygen atoms in total. The molecule has 31 heavy (non-hydrogen) atoms. The molecule has 2 unspecified atom stereocenters. The largest absolute Gasteiger partial charge is 0.338 e. The number of rotatable bonds is 7. The van der Waals surface area contributed by atoms with Gasteiger partial charge < -0.3 is 20.1 Å². The van der Waals surface area contributed by atoms with Crippen molar-refractivity contribution < 1.29 is 9.18 Å². The van der Waals surface area contributed by atoms with Crippen molar-refractivity contribution in [2.75, 3.05) is 19.6 Å². The Bertz CT molecular complexity index is 1050. The summed E-state index contributed by atoms with van der Waals surface area (Å²) >= 11 is 0. The van der Waals surface area contributed by atoms with Crippen LogP contribution in [0.15, 0.2) is 54.9 Å². The number of hydrogen-bond acceptors (Lipinski definition) is 3. The highest BCUT2D eigenvalue weighted by molar-refractivity contribution is 5.76. The fourth-order valence-corrected chi connectivity index (χ4v) is 4.53. The summed E-state index contributed by atoms with van der Waals surface area (Å²) in [5, 5.41) is 6.15. The van der Waals surface area contributed by atoms with E-state index in [0.717, 1.165) is 42.1 Å². The molecule has 2 aliphatic rings. The maximum atomic E-state index is 13.5. The van der Waals surface area contributed by atoms with Gasteiger partial charge >= 0.3 is 6.03 Å². The Kier molecular flexibility index (Phi) is 5.59. The summed E-state index contributed by atoms with van der Waals surface area (Å²) in [6.07, 6.45) is 5.57. The summed E-state index contributed by atoms with van der Waals surface area (Å²) in [4.78, 5) is 19.7. The van der Waals surface area contributed by atoms with Gasteiger partial charge in [-0.2, -0.15) is 0 Å². The van der Waals surface area contributed by atoms with E-state index < -0.39 is 0 Å². The van der Waals surface area contributed by atoms with Crippen LogP contribution in [0, 0.1) is 11.7 Å². The number of carbonyl (C=O) groups excluding carboxylic acids is 1. The van der Waals surface area contributed by atoms with Crippen molar-refractivity contribution in [2.45, 2.75) is 37.9 Å². The van der Waals surface area contributed by atoms with Crippen molar-refractivity contribution >= 4 is 17.1 Å². The van der Waals surface area contributed by atoms with Crippen LogP contribution in [0.25, 0.3) is 11.0 Å². The monoisotopic (exact) mass is 421 g/mol. The van der Waals surface area contributed by atoms with Crippen LogP contribution in [-0.2, 0) is 6.54 Å². The summed E-state index contributed by atoms with van der Waals surface area (Å²) in [6, 6.07) is 14.5. The normalized spacial score (nSPS) is 20.1. The van der Waals surface area contributed by atoms with Crippen LogP contribution in [0.2, 0.25) is 0 Å². The molecule has 2 amide bonds. The van der Waals surface area contributed by atoms with Gasteiger partial charge in [0, 0.05) is 25.7 Å². The third-order valence-corrected chi connectivity index (χ3v) is 6.42. The van der Waals surface area contributed by atoms with E-state index in [1.807, 2.05) is 28.8 Å². The number of halogens is 1. The second kappa shape index (κ2) is 8.67. The van der Waals surface area contributed by atoms with E-state index in [-0.39, 0.29) is 17.9 Å². The predicted octanol–water partition coefficient (Wildman–Crippen LogP) is 3.70. The number of hydrogen-bond donors (Lipinski definition) is 2. The molecule has 7 heteroatoms. The first kappa shape index (κ1) is 20.0. The quantitative estimate of drug-likeness (QED) is 0.612. The Labute approximate surface area is 181 Å². The molecule has 2 fully saturated rings. The highest BCUT2D eigenvalue weighted by atomic mass is 19.1. The Morgan fingerprint density at radius 1 is 1.13 bits per heavy atom. The van der Waals surface area contributed by atoms with Crippen LogP contribution < -0.4 is 10.6 Å². The topological polar surface area (TPSA) is 62.2 Å². The molecule has 1 aliphatic heterocycles. The number of nitrogens with zero attached hydrogens (tertiary/aromatic N) is 3. The Hall–Kier alpha value is -2.93. The first-order chi connectivity index (χ1) is 15.2. The molecule has 3 aromatic rings. The lowest BCUT2D eigenvalue weighted by Crippen LogP contribution is -2.41. The number of urea groups is 1. The molecule has 1 aromatic heterocycles. The molecule has 0 radical (unpaired) electrons. The maximum absolute atomic E-state index is 13.5. The second-order valence-electron chi connectivity index (χ2n) is 8.72. The molecule has 1 saturated carbocycles. The molecule has 162 valence electrons. The molecule has 2 aromatic carbocycles. The molecular formula is C24H28FN5O. The molecule has 0 bridgehead atoms. The van der Waals surface area contributed by atoms with E-state index >= 15 is 0 Å². The molecule has 0 spiro atoms. The summed E-state index contributed by atoms with van der Waals surface area (Å²) in [6.45, 7) is 3.41. The zero-order valence-electron chi connectivity index (χ0n) is 17.5. The van der Waals surface area contributed by atoms with Crippen LogP contribution in [0.4, 0.5) is 9.18 Å². The first-order valence-corrected chi connectivity index (χ1v) is 11.1. The SMILES string of the molecule is O=C(NCC1CCN(C2CC2)C1)NC(Cn1cnc2ccccc21)c1ccc(F)cc1. The second-order valence-corrected chi connectivity index (χ2v) is 8.72. The summed E-state index contributed by atoms with van der Waals surface area (Å²) in [7, 11) is 0. The number of nitrogens with one attached hydrogen (secondary N) is 2. The standard InChI is InChI=1S/C24H28FN5O/c25-19-7-5-18(6-8-19)22(15-30-16-27-21-3-1-2-4-23(21)30)28-24(31)26-13-17-11-12-29(14-17)20-9-10-20/h1-8,16-17,20,22H,9-15H2,(H2,26,28,31). The number of fused-ring (bicyclic) bond motifs is 1. The van der Waals surface area contributed by atoms with E-state index in [1.165, 1.54) is 25.0 Å². The zero-order chi connectivity index (χ0) is 21.2. The molecule has 2 heterocycles. The average molecular weight is 422 g/mol. The van der Waals surface area contributed by atoms with Gasteiger partial charge in [0.2, 0.25) is 0 Å². The minimum atomic E-state index is -0.301. The number of benzene rings is 2. The van der Waals surface area contributed by atoms with Gasteiger partial charge in [0.05, 0.1) is 23.4 Å². The lowest BCUT2D eigenvalue weighted by molar-refractivity contribution is 0.233. The molecule has 5 rings (SSSR count).